The summed E-state index contributed by atoms with van der Waals surface area (Å²) < 4.78 is 0. The molecule has 1 fully saturated rings. The molecule has 0 aromatic rings. The van der Waals surface area contributed by atoms with Gasteiger partial charge in [0.25, 0.3) is 0 Å². The molecule has 2 heteroatoms. The van der Waals surface area contributed by atoms with Gasteiger partial charge in [-0.05, 0) is 25.3 Å². The van der Waals surface area contributed by atoms with Crippen LogP contribution in [0, 0.1) is 5.41 Å². The molecule has 2 unspecified atom stereocenters. The molecule has 0 radical (unpaired) electrons. The van der Waals surface area contributed by atoms with Gasteiger partial charge in [-0.3, -0.25) is 4.90 Å². The minimum Gasteiger partial charge on any atom is -0.312 e. The first-order valence-corrected chi connectivity index (χ1v) is 6.03. The molecule has 2 atom stereocenters. The maximum Gasteiger partial charge on any atom is 0.0243 e. The Morgan fingerprint density at radius 3 is 2.67 bits per heavy atom. The largest absolute Gasteiger partial charge is 0.312 e. The van der Waals surface area contributed by atoms with Crippen LogP contribution in [0.25, 0.3) is 0 Å². The summed E-state index contributed by atoms with van der Waals surface area (Å²) in [4.78, 5) is 2.53. The van der Waals surface area contributed by atoms with Gasteiger partial charge in [-0.25, -0.2) is 0 Å². The van der Waals surface area contributed by atoms with Crippen molar-refractivity contribution in [2.24, 2.45) is 5.41 Å². The van der Waals surface area contributed by atoms with E-state index in [-0.39, 0.29) is 0 Å². The minimum atomic E-state index is 0.337. The molecule has 0 amide bonds. The fraction of sp³-hybridized carbons (Fsp3) is 0.846. The molecule has 0 aliphatic carbocycles. The standard InChI is InChI=1S/C13H26N2/c1-6-9-15-10-12(13(3,4)5)14-8-7-11(15)2/h6,11-12,14H,1,7-10H2,2-5H3. The van der Waals surface area contributed by atoms with E-state index in [2.05, 4.69) is 44.5 Å². The van der Waals surface area contributed by atoms with Crippen molar-refractivity contribution in [3.63, 3.8) is 0 Å². The molecule has 0 spiro atoms. The van der Waals surface area contributed by atoms with E-state index in [0.29, 0.717) is 17.5 Å². The average molecular weight is 210 g/mol. The van der Waals surface area contributed by atoms with Crippen LogP contribution in [0.2, 0.25) is 0 Å². The summed E-state index contributed by atoms with van der Waals surface area (Å²) in [5, 5.41) is 3.66. The van der Waals surface area contributed by atoms with E-state index in [0.717, 1.165) is 19.6 Å². The smallest absolute Gasteiger partial charge is 0.0243 e. The third kappa shape index (κ3) is 3.62. The molecule has 0 bridgehead atoms. The van der Waals surface area contributed by atoms with Crippen LogP contribution in [-0.4, -0.2) is 36.6 Å². The fourth-order valence-electron chi connectivity index (χ4n) is 2.13. The van der Waals surface area contributed by atoms with Gasteiger partial charge in [0, 0.05) is 25.2 Å². The van der Waals surface area contributed by atoms with Crippen LogP contribution in [0.5, 0.6) is 0 Å². The van der Waals surface area contributed by atoms with Gasteiger partial charge in [0.15, 0.2) is 0 Å². The first-order valence-electron chi connectivity index (χ1n) is 6.03. The van der Waals surface area contributed by atoms with E-state index < -0.39 is 0 Å². The summed E-state index contributed by atoms with van der Waals surface area (Å²) in [6.07, 6.45) is 3.25. The van der Waals surface area contributed by atoms with Crippen LogP contribution in [0.1, 0.15) is 34.1 Å². The van der Waals surface area contributed by atoms with Crippen LogP contribution < -0.4 is 5.32 Å². The first-order chi connectivity index (χ1) is 6.95. The minimum absolute atomic E-state index is 0.337. The third-order valence-corrected chi connectivity index (χ3v) is 3.40. The number of nitrogens with one attached hydrogen (secondary N) is 1. The van der Waals surface area contributed by atoms with Gasteiger partial charge >= 0.3 is 0 Å². The maximum atomic E-state index is 3.84. The van der Waals surface area contributed by atoms with Crippen LogP contribution in [0.4, 0.5) is 0 Å². The highest BCUT2D eigenvalue weighted by atomic mass is 15.2. The Balaban J connectivity index is 2.66. The lowest BCUT2D eigenvalue weighted by atomic mass is 9.86. The van der Waals surface area contributed by atoms with E-state index >= 15 is 0 Å². The molecule has 0 saturated carbocycles. The van der Waals surface area contributed by atoms with E-state index in [4.69, 9.17) is 0 Å². The molecular formula is C13H26N2. The van der Waals surface area contributed by atoms with Crippen molar-refractivity contribution < 1.29 is 0 Å². The monoisotopic (exact) mass is 210 g/mol. The second kappa shape index (κ2) is 5.13. The molecule has 15 heavy (non-hydrogen) atoms. The molecule has 0 aromatic carbocycles. The number of hydrogen-bond acceptors (Lipinski definition) is 2. The Morgan fingerprint density at radius 2 is 2.13 bits per heavy atom. The highest BCUT2D eigenvalue weighted by molar-refractivity contribution is 4.90. The SMILES string of the molecule is C=CCN1CC(C(C)(C)C)NCCC1C. The van der Waals surface area contributed by atoms with Crippen LogP contribution >= 0.6 is 0 Å². The zero-order chi connectivity index (χ0) is 11.5. The van der Waals surface area contributed by atoms with Gasteiger partial charge in [-0.2, -0.15) is 0 Å². The second-order valence-electron chi connectivity index (χ2n) is 5.75. The van der Waals surface area contributed by atoms with Crippen LogP contribution in [0.3, 0.4) is 0 Å². The Hall–Kier alpha value is -0.340. The van der Waals surface area contributed by atoms with Gasteiger partial charge < -0.3 is 5.32 Å². The molecule has 1 saturated heterocycles. The molecule has 1 rings (SSSR count). The topological polar surface area (TPSA) is 15.3 Å². The summed E-state index contributed by atoms with van der Waals surface area (Å²) in [6, 6.07) is 1.25. The Bertz CT molecular complexity index is 205. The average Bonchev–Trinajstić information content (AvgIpc) is 2.29. The van der Waals surface area contributed by atoms with Gasteiger partial charge in [0.1, 0.15) is 0 Å². The molecular weight excluding hydrogens is 184 g/mol. The van der Waals surface area contributed by atoms with Gasteiger partial charge in [-0.1, -0.05) is 26.8 Å². The summed E-state index contributed by atoms with van der Waals surface area (Å²) in [5.74, 6) is 0. The molecule has 1 N–H and O–H groups in total. The van der Waals surface area contributed by atoms with E-state index in [9.17, 15) is 0 Å². The predicted molar refractivity (Wildman–Crippen MR) is 67.1 cm³/mol. The lowest BCUT2D eigenvalue weighted by Crippen LogP contribution is -2.47. The van der Waals surface area contributed by atoms with Gasteiger partial charge in [0.2, 0.25) is 0 Å². The second-order valence-corrected chi connectivity index (χ2v) is 5.75. The van der Waals surface area contributed by atoms with Gasteiger partial charge in [0.05, 0.1) is 0 Å². The third-order valence-electron chi connectivity index (χ3n) is 3.40. The number of nitrogens with zero attached hydrogens (tertiary/aromatic N) is 1. The summed E-state index contributed by atoms with van der Waals surface area (Å²) in [6.45, 7) is 16.4. The zero-order valence-electron chi connectivity index (χ0n) is 10.7. The molecule has 1 aliphatic rings. The highest BCUT2D eigenvalue weighted by Gasteiger charge is 2.29. The lowest BCUT2D eigenvalue weighted by molar-refractivity contribution is 0.178. The van der Waals surface area contributed by atoms with Crippen LogP contribution in [0.15, 0.2) is 12.7 Å². The van der Waals surface area contributed by atoms with E-state index in [1.54, 1.807) is 0 Å². The van der Waals surface area contributed by atoms with Crippen molar-refractivity contribution in [3.8, 4) is 0 Å². The first kappa shape index (κ1) is 12.7. The Morgan fingerprint density at radius 1 is 1.47 bits per heavy atom. The molecule has 1 heterocycles. The van der Waals surface area contributed by atoms with Gasteiger partial charge in [-0.15, -0.1) is 6.58 Å². The lowest BCUT2D eigenvalue weighted by Gasteiger charge is -2.34. The van der Waals surface area contributed by atoms with Crippen LogP contribution in [-0.2, 0) is 0 Å². The fourth-order valence-corrected chi connectivity index (χ4v) is 2.13. The summed E-state index contributed by atoms with van der Waals surface area (Å²) in [5.41, 5.74) is 0.337. The number of hydrogen-bond donors (Lipinski definition) is 1. The highest BCUT2D eigenvalue weighted by Crippen LogP contribution is 2.23. The van der Waals surface area contributed by atoms with E-state index in [1.807, 2.05) is 6.08 Å². The Kier molecular flexibility index (Phi) is 4.35. The van der Waals surface area contributed by atoms with Crippen molar-refractivity contribution in [1.82, 2.24) is 10.2 Å². The summed E-state index contributed by atoms with van der Waals surface area (Å²) in [7, 11) is 0. The normalized spacial score (nSPS) is 29.9. The molecule has 1 aliphatic heterocycles. The van der Waals surface area contributed by atoms with Crippen molar-refractivity contribution in [1.29, 1.82) is 0 Å². The molecule has 2 nitrogen and oxygen atoms in total. The maximum absolute atomic E-state index is 3.84. The summed E-state index contributed by atoms with van der Waals surface area (Å²) >= 11 is 0. The quantitative estimate of drug-likeness (QED) is 0.703. The molecule has 88 valence electrons. The van der Waals surface area contributed by atoms with Crippen molar-refractivity contribution in [2.45, 2.75) is 46.2 Å². The van der Waals surface area contributed by atoms with Crippen molar-refractivity contribution in [2.75, 3.05) is 19.6 Å². The zero-order valence-corrected chi connectivity index (χ0v) is 10.7. The molecule has 0 aromatic heterocycles. The van der Waals surface area contributed by atoms with Crippen molar-refractivity contribution >= 4 is 0 Å². The predicted octanol–water partition coefficient (Wildman–Crippen LogP) is 2.27. The number of rotatable bonds is 2. The Labute approximate surface area is 94.7 Å². The van der Waals surface area contributed by atoms with Crippen molar-refractivity contribution in [3.05, 3.63) is 12.7 Å². The van der Waals surface area contributed by atoms with E-state index in [1.165, 1.54) is 6.42 Å².